The molecule has 0 bridgehead atoms. The fourth-order valence-corrected chi connectivity index (χ4v) is 2.05. The van der Waals surface area contributed by atoms with Crippen LogP contribution in [0.1, 0.15) is 18.6 Å². The van der Waals surface area contributed by atoms with E-state index in [2.05, 4.69) is 4.98 Å². The fourth-order valence-electron chi connectivity index (χ4n) is 2.05. The van der Waals surface area contributed by atoms with Gasteiger partial charge in [-0.2, -0.15) is 0 Å². The molecule has 2 atom stereocenters. The van der Waals surface area contributed by atoms with Crippen molar-refractivity contribution >= 4 is 10.9 Å². The smallest absolute Gasteiger partial charge is 0.0844 e. The van der Waals surface area contributed by atoms with Gasteiger partial charge in [0.25, 0.3) is 0 Å². The molecule has 1 heterocycles. The van der Waals surface area contributed by atoms with E-state index in [1.807, 2.05) is 37.3 Å². The molecule has 0 fully saturated rings. The highest BCUT2D eigenvalue weighted by atomic mass is 16.5. The molecule has 17 heavy (non-hydrogen) atoms. The van der Waals surface area contributed by atoms with Crippen LogP contribution in [0.2, 0.25) is 0 Å². The van der Waals surface area contributed by atoms with Gasteiger partial charge in [-0.05, 0) is 17.7 Å². The number of nitrogens with zero attached hydrogens (tertiary/aromatic N) is 1. The monoisotopic (exact) mass is 231 g/mol. The Labute approximate surface area is 101 Å². The molecule has 0 aliphatic rings. The molecule has 2 unspecified atom stereocenters. The average Bonchev–Trinajstić information content (AvgIpc) is 2.37. The number of aliphatic hydroxyl groups excluding tert-OH is 1. The van der Waals surface area contributed by atoms with Gasteiger partial charge in [0.15, 0.2) is 0 Å². The Morgan fingerprint density at radius 3 is 2.88 bits per heavy atom. The van der Waals surface area contributed by atoms with Crippen LogP contribution in [0.3, 0.4) is 0 Å². The first-order chi connectivity index (χ1) is 8.24. The summed E-state index contributed by atoms with van der Waals surface area (Å²) in [7, 11) is 1.65. The lowest BCUT2D eigenvalue weighted by Crippen LogP contribution is -2.14. The van der Waals surface area contributed by atoms with E-state index in [0.29, 0.717) is 6.61 Å². The normalized spacial score (nSPS) is 14.8. The van der Waals surface area contributed by atoms with Gasteiger partial charge in [0, 0.05) is 24.6 Å². The van der Waals surface area contributed by atoms with E-state index in [4.69, 9.17) is 4.74 Å². The lowest BCUT2D eigenvalue weighted by Gasteiger charge is -2.19. The Hall–Kier alpha value is -1.45. The van der Waals surface area contributed by atoms with Gasteiger partial charge in [-0.3, -0.25) is 4.98 Å². The van der Waals surface area contributed by atoms with Crippen LogP contribution in [0.25, 0.3) is 10.9 Å². The minimum Gasteiger partial charge on any atom is -0.388 e. The van der Waals surface area contributed by atoms with Crippen molar-refractivity contribution in [3.63, 3.8) is 0 Å². The van der Waals surface area contributed by atoms with Crippen LogP contribution in [0.5, 0.6) is 0 Å². The van der Waals surface area contributed by atoms with Gasteiger partial charge in [0.05, 0.1) is 18.2 Å². The zero-order chi connectivity index (χ0) is 12.3. The summed E-state index contributed by atoms with van der Waals surface area (Å²) in [5, 5.41) is 11.3. The Morgan fingerprint density at radius 2 is 2.12 bits per heavy atom. The maximum absolute atomic E-state index is 10.3. The summed E-state index contributed by atoms with van der Waals surface area (Å²) in [5.41, 5.74) is 1.83. The minimum absolute atomic E-state index is 0.0609. The predicted molar refractivity (Wildman–Crippen MR) is 67.7 cm³/mol. The summed E-state index contributed by atoms with van der Waals surface area (Å²) in [6.45, 7) is 2.52. The average molecular weight is 231 g/mol. The van der Waals surface area contributed by atoms with E-state index < -0.39 is 6.10 Å². The molecule has 0 spiro atoms. The zero-order valence-corrected chi connectivity index (χ0v) is 10.1. The Kier molecular flexibility index (Phi) is 3.71. The molecular weight excluding hydrogens is 214 g/mol. The van der Waals surface area contributed by atoms with Gasteiger partial charge in [0.1, 0.15) is 0 Å². The summed E-state index contributed by atoms with van der Waals surface area (Å²) in [5.74, 6) is 0.0609. The van der Waals surface area contributed by atoms with Gasteiger partial charge in [0.2, 0.25) is 0 Å². The number of hydrogen-bond donors (Lipinski definition) is 1. The third kappa shape index (κ3) is 2.46. The first-order valence-electron chi connectivity index (χ1n) is 5.74. The number of aromatic nitrogens is 1. The second-order valence-corrected chi connectivity index (χ2v) is 4.29. The number of benzene rings is 1. The molecule has 1 aromatic carbocycles. The van der Waals surface area contributed by atoms with E-state index in [1.54, 1.807) is 13.3 Å². The number of rotatable bonds is 4. The molecule has 1 N–H and O–H groups in total. The van der Waals surface area contributed by atoms with Crippen molar-refractivity contribution in [1.82, 2.24) is 4.98 Å². The fraction of sp³-hybridized carbons (Fsp3) is 0.357. The van der Waals surface area contributed by atoms with Crippen molar-refractivity contribution in [1.29, 1.82) is 0 Å². The van der Waals surface area contributed by atoms with E-state index in [1.165, 1.54) is 0 Å². The third-order valence-electron chi connectivity index (χ3n) is 2.97. The van der Waals surface area contributed by atoms with Gasteiger partial charge in [-0.15, -0.1) is 0 Å². The van der Waals surface area contributed by atoms with Crippen molar-refractivity contribution < 1.29 is 9.84 Å². The minimum atomic E-state index is -0.525. The number of fused-ring (bicyclic) bond motifs is 1. The standard InChI is InChI=1S/C14H17NO2/c1-10(9-17-2)14(16)12-5-3-7-13-11(12)6-4-8-15-13/h3-8,10,14,16H,9H2,1-2H3. The van der Waals surface area contributed by atoms with Gasteiger partial charge >= 0.3 is 0 Å². The SMILES string of the molecule is COCC(C)C(O)c1cccc2ncccc12. The van der Waals surface area contributed by atoms with Crippen LogP contribution in [0, 0.1) is 5.92 Å². The van der Waals surface area contributed by atoms with Crippen LogP contribution in [0.4, 0.5) is 0 Å². The third-order valence-corrected chi connectivity index (χ3v) is 2.97. The zero-order valence-electron chi connectivity index (χ0n) is 10.1. The van der Waals surface area contributed by atoms with Crippen molar-refractivity contribution in [2.24, 2.45) is 5.92 Å². The number of hydrogen-bond acceptors (Lipinski definition) is 3. The summed E-state index contributed by atoms with van der Waals surface area (Å²) in [6.07, 6.45) is 1.24. The molecule has 2 aromatic rings. The molecule has 3 nitrogen and oxygen atoms in total. The summed E-state index contributed by atoms with van der Waals surface area (Å²) < 4.78 is 5.08. The highest BCUT2D eigenvalue weighted by molar-refractivity contribution is 5.82. The first kappa shape index (κ1) is 12.0. The van der Waals surface area contributed by atoms with E-state index in [0.717, 1.165) is 16.5 Å². The molecule has 0 saturated carbocycles. The molecule has 0 aliphatic heterocycles. The van der Waals surface area contributed by atoms with Crippen LogP contribution in [-0.4, -0.2) is 23.8 Å². The Morgan fingerprint density at radius 1 is 1.29 bits per heavy atom. The maximum Gasteiger partial charge on any atom is 0.0844 e. The maximum atomic E-state index is 10.3. The summed E-state index contributed by atoms with van der Waals surface area (Å²) in [4.78, 5) is 4.29. The van der Waals surface area contributed by atoms with Crippen LogP contribution in [0.15, 0.2) is 36.5 Å². The second kappa shape index (κ2) is 5.25. The highest BCUT2D eigenvalue weighted by Crippen LogP contribution is 2.28. The van der Waals surface area contributed by atoms with Crippen LogP contribution in [-0.2, 0) is 4.74 Å². The number of methoxy groups -OCH3 is 1. The second-order valence-electron chi connectivity index (χ2n) is 4.29. The van der Waals surface area contributed by atoms with E-state index in [-0.39, 0.29) is 5.92 Å². The van der Waals surface area contributed by atoms with E-state index >= 15 is 0 Å². The first-order valence-corrected chi connectivity index (χ1v) is 5.74. The van der Waals surface area contributed by atoms with Crippen LogP contribution < -0.4 is 0 Å². The van der Waals surface area contributed by atoms with E-state index in [9.17, 15) is 5.11 Å². The van der Waals surface area contributed by atoms with Crippen molar-refractivity contribution in [2.45, 2.75) is 13.0 Å². The molecule has 2 rings (SSSR count). The number of aliphatic hydroxyl groups is 1. The van der Waals surface area contributed by atoms with Gasteiger partial charge < -0.3 is 9.84 Å². The Bertz CT molecular complexity index is 493. The molecule has 3 heteroatoms. The molecule has 1 aromatic heterocycles. The molecule has 90 valence electrons. The number of ether oxygens (including phenoxy) is 1. The van der Waals surface area contributed by atoms with Gasteiger partial charge in [-0.25, -0.2) is 0 Å². The van der Waals surface area contributed by atoms with Crippen LogP contribution >= 0.6 is 0 Å². The largest absolute Gasteiger partial charge is 0.388 e. The molecule has 0 aliphatic carbocycles. The predicted octanol–water partition coefficient (Wildman–Crippen LogP) is 2.55. The molecule has 0 saturated heterocycles. The van der Waals surface area contributed by atoms with Gasteiger partial charge in [-0.1, -0.05) is 25.1 Å². The lowest BCUT2D eigenvalue weighted by atomic mass is 9.95. The van der Waals surface area contributed by atoms with Crippen molar-refractivity contribution in [3.8, 4) is 0 Å². The summed E-state index contributed by atoms with van der Waals surface area (Å²) in [6, 6.07) is 9.70. The highest BCUT2D eigenvalue weighted by Gasteiger charge is 2.18. The summed E-state index contributed by atoms with van der Waals surface area (Å²) >= 11 is 0. The van der Waals surface area contributed by atoms with Crippen molar-refractivity contribution in [3.05, 3.63) is 42.1 Å². The topological polar surface area (TPSA) is 42.4 Å². The Balaban J connectivity index is 2.41. The lowest BCUT2D eigenvalue weighted by molar-refractivity contribution is 0.0575. The molecule has 0 radical (unpaired) electrons. The van der Waals surface area contributed by atoms with Crippen molar-refractivity contribution in [2.75, 3.05) is 13.7 Å². The molecular formula is C14H17NO2. The molecule has 0 amide bonds. The quantitative estimate of drug-likeness (QED) is 0.879. The number of pyridine rings is 1.